The lowest BCUT2D eigenvalue weighted by molar-refractivity contribution is 0.758. The van der Waals surface area contributed by atoms with Gasteiger partial charge in [0.1, 0.15) is 5.82 Å². The second-order valence-corrected chi connectivity index (χ2v) is 3.91. The number of anilines is 2. The number of nitrogens with one attached hydrogen (secondary N) is 1. The Hall–Kier alpha value is -1.32. The Labute approximate surface area is 83.9 Å². The van der Waals surface area contributed by atoms with E-state index in [1.807, 2.05) is 13.0 Å². The molecule has 1 aromatic rings. The van der Waals surface area contributed by atoms with Crippen molar-refractivity contribution >= 4 is 11.8 Å². The molecule has 4 heteroatoms. The molecule has 0 spiro atoms. The first kappa shape index (κ1) is 9.24. The normalized spacial score (nSPS) is 15.5. The average molecular weight is 192 g/mol. The zero-order chi connectivity index (χ0) is 9.97. The van der Waals surface area contributed by atoms with Crippen LogP contribution in [-0.2, 0) is 0 Å². The number of aryl methyl sites for hydroxylation is 1. The largest absolute Gasteiger partial charge is 0.370 e. The minimum absolute atomic E-state index is 0.346. The van der Waals surface area contributed by atoms with E-state index >= 15 is 0 Å². The van der Waals surface area contributed by atoms with Crippen molar-refractivity contribution in [2.75, 3.05) is 17.6 Å². The summed E-state index contributed by atoms with van der Waals surface area (Å²) >= 11 is 0. The van der Waals surface area contributed by atoms with Crippen LogP contribution >= 0.6 is 0 Å². The Morgan fingerprint density at radius 1 is 1.50 bits per heavy atom. The summed E-state index contributed by atoms with van der Waals surface area (Å²) in [6.45, 7) is 2.91. The number of hydrogen-bond donors (Lipinski definition) is 2. The molecule has 0 saturated heterocycles. The molecule has 0 radical (unpaired) electrons. The third kappa shape index (κ3) is 2.58. The van der Waals surface area contributed by atoms with Gasteiger partial charge >= 0.3 is 0 Å². The van der Waals surface area contributed by atoms with Gasteiger partial charge in [-0.3, -0.25) is 0 Å². The molecule has 0 aromatic carbocycles. The number of aromatic nitrogens is 2. The second kappa shape index (κ2) is 3.82. The summed E-state index contributed by atoms with van der Waals surface area (Å²) in [5.74, 6) is 2.14. The van der Waals surface area contributed by atoms with Crippen LogP contribution < -0.4 is 11.1 Å². The Bertz CT molecular complexity index is 300. The monoisotopic (exact) mass is 192 g/mol. The van der Waals surface area contributed by atoms with Gasteiger partial charge in [0.2, 0.25) is 5.95 Å². The average Bonchev–Trinajstić information content (AvgIpc) is 2.86. The fraction of sp³-hybridized carbons (Fsp3) is 0.600. The molecule has 0 unspecified atom stereocenters. The maximum Gasteiger partial charge on any atom is 0.222 e. The van der Waals surface area contributed by atoms with Gasteiger partial charge in [-0.05, 0) is 19.3 Å². The predicted molar refractivity (Wildman–Crippen MR) is 57.0 cm³/mol. The number of nitrogens with zero attached hydrogens (tertiary/aromatic N) is 2. The number of hydrogen-bond acceptors (Lipinski definition) is 4. The summed E-state index contributed by atoms with van der Waals surface area (Å²) in [6, 6.07) is 1.92. The maximum absolute atomic E-state index is 5.54. The van der Waals surface area contributed by atoms with Gasteiger partial charge in [-0.15, -0.1) is 0 Å². The van der Waals surface area contributed by atoms with Crippen molar-refractivity contribution in [1.29, 1.82) is 0 Å². The van der Waals surface area contributed by atoms with Crippen LogP contribution in [-0.4, -0.2) is 16.5 Å². The minimum atomic E-state index is 0.346. The molecular weight excluding hydrogens is 176 g/mol. The smallest absolute Gasteiger partial charge is 0.222 e. The fourth-order valence-electron chi connectivity index (χ4n) is 1.49. The SMILES string of the molecule is Cc1cc(NCCC2CC2)nc(N)n1. The van der Waals surface area contributed by atoms with Crippen molar-refractivity contribution in [3.63, 3.8) is 0 Å². The first-order valence-electron chi connectivity index (χ1n) is 5.09. The highest BCUT2D eigenvalue weighted by atomic mass is 15.1. The molecule has 4 nitrogen and oxygen atoms in total. The Kier molecular flexibility index (Phi) is 2.52. The van der Waals surface area contributed by atoms with E-state index in [1.165, 1.54) is 19.3 Å². The lowest BCUT2D eigenvalue weighted by atomic mass is 10.3. The van der Waals surface area contributed by atoms with E-state index in [4.69, 9.17) is 5.73 Å². The van der Waals surface area contributed by atoms with E-state index < -0.39 is 0 Å². The molecule has 1 aliphatic rings. The highest BCUT2D eigenvalue weighted by molar-refractivity contribution is 5.39. The first-order valence-corrected chi connectivity index (χ1v) is 5.09. The number of nitrogens with two attached hydrogens (primary N) is 1. The van der Waals surface area contributed by atoms with Crippen molar-refractivity contribution < 1.29 is 0 Å². The highest BCUT2D eigenvalue weighted by Crippen LogP contribution is 2.31. The van der Waals surface area contributed by atoms with Crippen molar-refractivity contribution in [3.05, 3.63) is 11.8 Å². The Balaban J connectivity index is 1.87. The minimum Gasteiger partial charge on any atom is -0.370 e. The van der Waals surface area contributed by atoms with Crippen LogP contribution in [0.1, 0.15) is 25.0 Å². The quantitative estimate of drug-likeness (QED) is 0.760. The molecule has 1 heterocycles. The maximum atomic E-state index is 5.54. The molecule has 1 fully saturated rings. The van der Waals surface area contributed by atoms with Gasteiger partial charge in [-0.1, -0.05) is 12.8 Å². The summed E-state index contributed by atoms with van der Waals surface area (Å²) < 4.78 is 0. The van der Waals surface area contributed by atoms with Gasteiger partial charge in [-0.25, -0.2) is 4.98 Å². The highest BCUT2D eigenvalue weighted by Gasteiger charge is 2.20. The molecule has 14 heavy (non-hydrogen) atoms. The van der Waals surface area contributed by atoms with Gasteiger partial charge in [0.15, 0.2) is 0 Å². The van der Waals surface area contributed by atoms with Gasteiger partial charge in [0.25, 0.3) is 0 Å². The van der Waals surface area contributed by atoms with Gasteiger partial charge in [0, 0.05) is 18.3 Å². The van der Waals surface area contributed by atoms with Crippen molar-refractivity contribution in [3.8, 4) is 0 Å². The lowest BCUT2D eigenvalue weighted by Crippen LogP contribution is -2.06. The van der Waals surface area contributed by atoms with Crippen LogP contribution in [0.4, 0.5) is 11.8 Å². The Morgan fingerprint density at radius 3 is 2.93 bits per heavy atom. The first-order chi connectivity index (χ1) is 6.74. The van der Waals surface area contributed by atoms with Crippen LogP contribution in [0.2, 0.25) is 0 Å². The van der Waals surface area contributed by atoms with Gasteiger partial charge in [0.05, 0.1) is 0 Å². The molecule has 1 aromatic heterocycles. The predicted octanol–water partition coefficient (Wildman–Crippen LogP) is 1.58. The van der Waals surface area contributed by atoms with E-state index in [-0.39, 0.29) is 0 Å². The topological polar surface area (TPSA) is 63.8 Å². The Morgan fingerprint density at radius 2 is 2.29 bits per heavy atom. The zero-order valence-electron chi connectivity index (χ0n) is 8.45. The van der Waals surface area contributed by atoms with Gasteiger partial charge in [-0.2, -0.15) is 4.98 Å². The molecule has 0 amide bonds. The summed E-state index contributed by atoms with van der Waals surface area (Å²) in [5.41, 5.74) is 6.45. The lowest BCUT2D eigenvalue weighted by Gasteiger charge is -2.05. The molecule has 0 atom stereocenters. The summed E-state index contributed by atoms with van der Waals surface area (Å²) in [4.78, 5) is 8.12. The van der Waals surface area contributed by atoms with Crippen molar-refractivity contribution in [2.45, 2.75) is 26.2 Å². The van der Waals surface area contributed by atoms with Gasteiger partial charge < -0.3 is 11.1 Å². The van der Waals surface area contributed by atoms with Crippen LogP contribution in [0.15, 0.2) is 6.07 Å². The summed E-state index contributed by atoms with van der Waals surface area (Å²) in [7, 11) is 0. The van der Waals surface area contributed by atoms with E-state index in [1.54, 1.807) is 0 Å². The van der Waals surface area contributed by atoms with Crippen molar-refractivity contribution in [1.82, 2.24) is 9.97 Å². The zero-order valence-corrected chi connectivity index (χ0v) is 8.45. The van der Waals surface area contributed by atoms with Crippen LogP contribution in [0.3, 0.4) is 0 Å². The number of rotatable bonds is 4. The molecule has 0 bridgehead atoms. The molecule has 1 aliphatic carbocycles. The molecule has 76 valence electrons. The summed E-state index contributed by atoms with van der Waals surface area (Å²) in [6.07, 6.45) is 4.03. The molecular formula is C10H16N4. The third-order valence-corrected chi connectivity index (χ3v) is 2.43. The second-order valence-electron chi connectivity index (χ2n) is 3.91. The fourth-order valence-corrected chi connectivity index (χ4v) is 1.49. The van der Waals surface area contributed by atoms with Crippen LogP contribution in [0.25, 0.3) is 0 Å². The number of nitrogen functional groups attached to an aromatic ring is 1. The molecule has 3 N–H and O–H groups in total. The van der Waals surface area contributed by atoms with Crippen LogP contribution in [0, 0.1) is 12.8 Å². The molecule has 2 rings (SSSR count). The third-order valence-electron chi connectivity index (χ3n) is 2.43. The molecule has 0 aliphatic heterocycles. The van der Waals surface area contributed by atoms with Crippen LogP contribution in [0.5, 0.6) is 0 Å². The molecule has 1 saturated carbocycles. The van der Waals surface area contributed by atoms with E-state index in [2.05, 4.69) is 15.3 Å². The van der Waals surface area contributed by atoms with E-state index in [0.29, 0.717) is 5.95 Å². The van der Waals surface area contributed by atoms with E-state index in [9.17, 15) is 0 Å². The summed E-state index contributed by atoms with van der Waals surface area (Å²) in [5, 5.41) is 3.27. The van der Waals surface area contributed by atoms with E-state index in [0.717, 1.165) is 24.0 Å². The van der Waals surface area contributed by atoms with Crippen molar-refractivity contribution in [2.24, 2.45) is 5.92 Å². The standard InChI is InChI=1S/C10H16N4/c1-7-6-9(14-10(11)13-7)12-5-4-8-2-3-8/h6,8H,2-5H2,1H3,(H3,11,12,13,14).